The molecule has 11 heteroatoms. The van der Waals surface area contributed by atoms with Gasteiger partial charge in [0.25, 0.3) is 0 Å². The fourth-order valence-electron chi connectivity index (χ4n) is 2.97. The van der Waals surface area contributed by atoms with E-state index in [1.54, 1.807) is 30.5 Å². The van der Waals surface area contributed by atoms with Crippen molar-refractivity contribution in [2.75, 3.05) is 33.4 Å². The van der Waals surface area contributed by atoms with E-state index in [0.717, 1.165) is 0 Å². The zero-order valence-electron chi connectivity index (χ0n) is 14.6. The van der Waals surface area contributed by atoms with E-state index in [-0.39, 0.29) is 29.6 Å². The third-order valence-corrected chi connectivity index (χ3v) is 6.12. The first-order chi connectivity index (χ1) is 13.2. The van der Waals surface area contributed by atoms with Crippen LogP contribution in [-0.2, 0) is 15.9 Å². The third-order valence-electron chi connectivity index (χ3n) is 4.30. The van der Waals surface area contributed by atoms with E-state index < -0.39 is 16.5 Å². The van der Waals surface area contributed by atoms with Crippen LogP contribution in [0.15, 0.2) is 35.6 Å². The minimum absolute atomic E-state index is 0. The molecular weight excluding hydrogens is 413 g/mol. The molecule has 1 N–H and O–H groups in total. The second-order valence-electron chi connectivity index (χ2n) is 5.94. The van der Waals surface area contributed by atoms with Crippen LogP contribution in [0.2, 0.25) is 5.02 Å². The fourth-order valence-corrected chi connectivity index (χ4v) is 4.73. The SMILES string of the molecule is COc1ccc2[nH]c([S+]([O-])C(c3ncccc3Cl)N3CCOCC3)nc2n1.[NaH]. The molecule has 1 aliphatic heterocycles. The Morgan fingerprint density at radius 2 is 2.07 bits per heavy atom. The van der Waals surface area contributed by atoms with Crippen LogP contribution in [0.1, 0.15) is 11.1 Å². The normalized spacial score (nSPS) is 17.1. The van der Waals surface area contributed by atoms with Crippen molar-refractivity contribution < 1.29 is 14.0 Å². The zero-order chi connectivity index (χ0) is 18.8. The second-order valence-corrected chi connectivity index (χ2v) is 7.77. The van der Waals surface area contributed by atoms with Crippen LogP contribution >= 0.6 is 11.6 Å². The molecule has 8 nitrogen and oxygen atoms in total. The molecule has 0 radical (unpaired) electrons. The number of rotatable bonds is 5. The standard InChI is InChI=1S/C17H18ClN5O3S.Na.H/c1-25-13-5-4-12-15(21-13)22-17(20-12)27(24)16(23-7-9-26-10-8-23)14-11(18)3-2-6-19-14;;/h2-6,16H,7-10H2,1H3,(H,20,21,22);;. The van der Waals surface area contributed by atoms with Gasteiger partial charge in [0.05, 0.1) is 30.9 Å². The molecule has 0 aromatic carbocycles. The monoisotopic (exact) mass is 431 g/mol. The number of fused-ring (bicyclic) bond motifs is 1. The molecular formula is C17H19ClN5NaO3S. The van der Waals surface area contributed by atoms with Crippen molar-refractivity contribution in [3.63, 3.8) is 0 Å². The number of nitrogens with zero attached hydrogens (tertiary/aromatic N) is 4. The maximum absolute atomic E-state index is 13.5. The Morgan fingerprint density at radius 3 is 2.79 bits per heavy atom. The summed E-state index contributed by atoms with van der Waals surface area (Å²) in [5.41, 5.74) is 1.70. The Morgan fingerprint density at radius 1 is 1.29 bits per heavy atom. The number of hydrogen-bond acceptors (Lipinski definition) is 7. The van der Waals surface area contributed by atoms with Crippen LogP contribution in [0.4, 0.5) is 0 Å². The van der Waals surface area contributed by atoms with Gasteiger partial charge < -0.3 is 14.0 Å². The Balaban J connectivity index is 0.00000225. The van der Waals surface area contributed by atoms with Gasteiger partial charge in [0.1, 0.15) is 5.69 Å². The predicted octanol–water partition coefficient (Wildman–Crippen LogP) is 1.50. The van der Waals surface area contributed by atoms with Crippen LogP contribution in [0.5, 0.6) is 5.88 Å². The number of morpholine rings is 1. The average molecular weight is 432 g/mol. The van der Waals surface area contributed by atoms with Crippen molar-refractivity contribution in [1.82, 2.24) is 24.8 Å². The Bertz CT molecular complexity index is 940. The number of hydrogen-bond donors (Lipinski definition) is 1. The van der Waals surface area contributed by atoms with Gasteiger partial charge in [-0.3, -0.25) is 9.97 Å². The van der Waals surface area contributed by atoms with Crippen molar-refractivity contribution in [3.8, 4) is 5.88 Å². The van der Waals surface area contributed by atoms with Gasteiger partial charge in [0.2, 0.25) is 11.3 Å². The summed E-state index contributed by atoms with van der Waals surface area (Å²) >= 11 is 4.83. The molecule has 4 rings (SSSR count). The van der Waals surface area contributed by atoms with E-state index >= 15 is 0 Å². The first-order valence-corrected chi connectivity index (χ1v) is 10.00. The van der Waals surface area contributed by atoms with E-state index in [4.69, 9.17) is 21.1 Å². The summed E-state index contributed by atoms with van der Waals surface area (Å²) in [6.07, 6.45) is 1.65. The Kier molecular flexibility index (Phi) is 7.57. The molecule has 28 heavy (non-hydrogen) atoms. The average Bonchev–Trinajstić information content (AvgIpc) is 3.13. The number of pyridine rings is 2. The van der Waals surface area contributed by atoms with E-state index in [0.29, 0.717) is 59.2 Å². The third kappa shape index (κ3) is 4.47. The molecule has 144 valence electrons. The number of H-pyrrole nitrogens is 1. The topological polar surface area (TPSA) is 99.2 Å². The fraction of sp³-hybridized carbons (Fsp3) is 0.353. The summed E-state index contributed by atoms with van der Waals surface area (Å²) in [5, 5.41) is 0.257. The molecule has 2 unspecified atom stereocenters. The number of aromatic amines is 1. The van der Waals surface area contributed by atoms with Crippen LogP contribution in [0.25, 0.3) is 11.2 Å². The van der Waals surface area contributed by atoms with Gasteiger partial charge in [0, 0.05) is 36.5 Å². The van der Waals surface area contributed by atoms with E-state index in [1.165, 1.54) is 7.11 Å². The molecule has 0 amide bonds. The van der Waals surface area contributed by atoms with E-state index in [1.807, 2.05) is 0 Å². The molecule has 0 aliphatic carbocycles. The predicted molar refractivity (Wildman–Crippen MR) is 108 cm³/mol. The van der Waals surface area contributed by atoms with Crippen LogP contribution in [0.3, 0.4) is 0 Å². The molecule has 2 atom stereocenters. The summed E-state index contributed by atoms with van der Waals surface area (Å²) in [5.74, 6) is 0.448. The summed E-state index contributed by atoms with van der Waals surface area (Å²) in [6, 6.07) is 7.02. The first-order valence-electron chi connectivity index (χ1n) is 8.41. The van der Waals surface area contributed by atoms with Crippen LogP contribution < -0.4 is 4.74 Å². The van der Waals surface area contributed by atoms with Crippen molar-refractivity contribution in [3.05, 3.63) is 41.2 Å². The number of halogens is 1. The minimum atomic E-state index is -1.55. The van der Waals surface area contributed by atoms with Gasteiger partial charge in [0.15, 0.2) is 5.65 Å². The molecule has 3 aromatic heterocycles. The van der Waals surface area contributed by atoms with Crippen molar-refractivity contribution in [2.24, 2.45) is 0 Å². The number of aromatic nitrogens is 4. The van der Waals surface area contributed by atoms with Gasteiger partial charge in [-0.25, -0.2) is 4.90 Å². The summed E-state index contributed by atoms with van der Waals surface area (Å²) in [6.45, 7) is 2.40. The number of imidazole rings is 1. The maximum atomic E-state index is 13.5. The molecule has 0 spiro atoms. The molecule has 1 fully saturated rings. The summed E-state index contributed by atoms with van der Waals surface area (Å²) in [7, 11) is 1.54. The van der Waals surface area contributed by atoms with E-state index in [2.05, 4.69) is 24.8 Å². The van der Waals surface area contributed by atoms with Gasteiger partial charge in [-0.05, 0) is 18.2 Å². The molecule has 0 bridgehead atoms. The Hall–Kier alpha value is -0.910. The molecule has 4 heterocycles. The molecule has 0 saturated carbocycles. The van der Waals surface area contributed by atoms with Gasteiger partial charge >= 0.3 is 34.7 Å². The zero-order valence-corrected chi connectivity index (χ0v) is 16.2. The van der Waals surface area contributed by atoms with Crippen molar-refractivity contribution in [1.29, 1.82) is 0 Å². The van der Waals surface area contributed by atoms with Gasteiger partial charge in [-0.1, -0.05) is 11.6 Å². The second kappa shape index (κ2) is 9.73. The summed E-state index contributed by atoms with van der Waals surface area (Å²) < 4.78 is 24.1. The molecule has 1 aliphatic rings. The van der Waals surface area contributed by atoms with Gasteiger partial charge in [-0.15, -0.1) is 0 Å². The number of methoxy groups -OCH3 is 1. The quantitative estimate of drug-likeness (QED) is 0.482. The molecule has 3 aromatic rings. The Labute approximate surface area is 192 Å². The summed E-state index contributed by atoms with van der Waals surface area (Å²) in [4.78, 5) is 18.3. The number of ether oxygens (including phenoxy) is 2. The van der Waals surface area contributed by atoms with Crippen molar-refractivity contribution >= 4 is 63.5 Å². The number of nitrogens with one attached hydrogen (secondary N) is 1. The van der Waals surface area contributed by atoms with Crippen LogP contribution in [0, 0.1) is 0 Å². The van der Waals surface area contributed by atoms with E-state index in [9.17, 15) is 4.55 Å². The van der Waals surface area contributed by atoms with Crippen molar-refractivity contribution in [2.45, 2.75) is 10.5 Å². The first kappa shape index (κ1) is 21.8. The molecule has 1 saturated heterocycles. The van der Waals surface area contributed by atoms with Crippen LogP contribution in [-0.4, -0.2) is 92.4 Å². The van der Waals surface area contributed by atoms with Gasteiger partial charge in [-0.2, -0.15) is 9.97 Å².